The minimum Gasteiger partial charge on any atom is -0.324 e. The number of hydrogen-bond donors (Lipinski definition) is 0. The maximum atomic E-state index is 13.6. The van der Waals surface area contributed by atoms with Crippen molar-refractivity contribution in [2.24, 2.45) is 4.99 Å². The molecule has 2 aromatic rings. The van der Waals surface area contributed by atoms with Crippen molar-refractivity contribution in [1.82, 2.24) is 4.48 Å². The minimum atomic E-state index is -2.59. The molecule has 0 atom stereocenters. The SMILES string of the molecule is CC1=CC(C)=N/C1=C(/C)c1ccc(-c2cccs2)n1B(F)F. The number of halogens is 2. The van der Waals surface area contributed by atoms with Crippen LogP contribution in [0.15, 0.2) is 52.0 Å². The molecule has 22 heavy (non-hydrogen) atoms. The molecule has 0 spiro atoms. The maximum Gasteiger partial charge on any atom is 0.678 e. The molecule has 0 saturated carbocycles. The predicted octanol–water partition coefficient (Wildman–Crippen LogP) is 5.14. The summed E-state index contributed by atoms with van der Waals surface area (Å²) in [6.45, 7) is 5.71. The van der Waals surface area contributed by atoms with Crippen LogP contribution in [0.5, 0.6) is 0 Å². The number of aromatic nitrogens is 1. The summed E-state index contributed by atoms with van der Waals surface area (Å²) in [6.07, 6.45) is 1.97. The van der Waals surface area contributed by atoms with Crippen molar-refractivity contribution in [1.29, 1.82) is 0 Å². The molecule has 3 heterocycles. The van der Waals surface area contributed by atoms with Gasteiger partial charge in [0.25, 0.3) is 0 Å². The summed E-state index contributed by atoms with van der Waals surface area (Å²) < 4.78 is 28.3. The summed E-state index contributed by atoms with van der Waals surface area (Å²) in [4.78, 5) is 5.30. The Hall–Kier alpha value is -1.95. The van der Waals surface area contributed by atoms with Crippen LogP contribution in [-0.4, -0.2) is 17.6 Å². The molecule has 0 N–H and O–H groups in total. The van der Waals surface area contributed by atoms with Crippen molar-refractivity contribution in [2.45, 2.75) is 20.8 Å². The highest BCUT2D eigenvalue weighted by Crippen LogP contribution is 2.34. The van der Waals surface area contributed by atoms with Crippen LogP contribution in [0.25, 0.3) is 16.1 Å². The lowest BCUT2D eigenvalue weighted by atomic mass is 10.1. The van der Waals surface area contributed by atoms with Crippen molar-refractivity contribution in [2.75, 3.05) is 0 Å². The van der Waals surface area contributed by atoms with Gasteiger partial charge in [0, 0.05) is 16.3 Å². The number of nitrogens with zero attached hydrogens (tertiary/aromatic N) is 2. The molecule has 112 valence electrons. The van der Waals surface area contributed by atoms with Gasteiger partial charge in [-0.25, -0.2) is 0 Å². The van der Waals surface area contributed by atoms with Gasteiger partial charge in [-0.05, 0) is 61.6 Å². The topological polar surface area (TPSA) is 17.3 Å². The van der Waals surface area contributed by atoms with Crippen molar-refractivity contribution in [3.8, 4) is 10.6 Å². The van der Waals surface area contributed by atoms with Crippen molar-refractivity contribution < 1.29 is 8.63 Å². The van der Waals surface area contributed by atoms with Gasteiger partial charge in [-0.1, -0.05) is 6.07 Å². The first kappa shape index (κ1) is 15.0. The summed E-state index contributed by atoms with van der Waals surface area (Å²) in [5.41, 5.74) is 4.53. The third kappa shape index (κ3) is 2.48. The van der Waals surface area contributed by atoms with Gasteiger partial charge in [0.05, 0.1) is 11.4 Å². The highest BCUT2D eigenvalue weighted by atomic mass is 32.1. The van der Waals surface area contributed by atoms with Gasteiger partial charge >= 0.3 is 7.40 Å². The van der Waals surface area contributed by atoms with Gasteiger partial charge in [-0.3, -0.25) is 13.6 Å². The fourth-order valence-electron chi connectivity index (χ4n) is 2.77. The number of allylic oxidation sites excluding steroid dienone is 3. The Balaban J connectivity index is 2.17. The first-order valence-electron chi connectivity index (χ1n) is 6.97. The van der Waals surface area contributed by atoms with Gasteiger partial charge in [0.1, 0.15) is 0 Å². The molecule has 0 radical (unpaired) electrons. The second-order valence-corrected chi connectivity index (χ2v) is 6.23. The van der Waals surface area contributed by atoms with E-state index in [-0.39, 0.29) is 0 Å². The summed E-state index contributed by atoms with van der Waals surface area (Å²) >= 11 is 1.46. The molecular formula is C16H15BF2N2S. The van der Waals surface area contributed by atoms with Crippen LogP contribution in [0.2, 0.25) is 0 Å². The quantitative estimate of drug-likeness (QED) is 0.698. The van der Waals surface area contributed by atoms with E-state index < -0.39 is 7.40 Å². The monoisotopic (exact) mass is 316 g/mol. The van der Waals surface area contributed by atoms with Crippen LogP contribution in [0.3, 0.4) is 0 Å². The molecule has 0 aliphatic carbocycles. The largest absolute Gasteiger partial charge is 0.678 e. The zero-order valence-corrected chi connectivity index (χ0v) is 13.4. The lowest BCUT2D eigenvalue weighted by Gasteiger charge is -2.12. The van der Waals surface area contributed by atoms with E-state index in [0.29, 0.717) is 11.4 Å². The van der Waals surface area contributed by atoms with E-state index in [0.717, 1.165) is 31.9 Å². The Bertz CT molecular complexity index is 798. The minimum absolute atomic E-state index is 0.514. The van der Waals surface area contributed by atoms with Crippen LogP contribution < -0.4 is 0 Å². The average molecular weight is 316 g/mol. The molecule has 2 aromatic heterocycles. The molecule has 6 heteroatoms. The molecular weight excluding hydrogens is 301 g/mol. The van der Waals surface area contributed by atoms with Gasteiger partial charge in [-0.15, -0.1) is 11.3 Å². The number of hydrogen-bond acceptors (Lipinski definition) is 2. The molecule has 0 aromatic carbocycles. The number of rotatable bonds is 3. The lowest BCUT2D eigenvalue weighted by molar-refractivity contribution is 0.630. The fraction of sp³-hybridized carbons (Fsp3) is 0.188. The molecule has 1 aliphatic heterocycles. The van der Waals surface area contributed by atoms with Crippen LogP contribution in [0, 0.1) is 0 Å². The van der Waals surface area contributed by atoms with E-state index in [9.17, 15) is 8.63 Å². The molecule has 3 rings (SSSR count). The predicted molar refractivity (Wildman–Crippen MR) is 90.6 cm³/mol. The Morgan fingerprint density at radius 1 is 1.23 bits per heavy atom. The number of thiophene rings is 1. The highest BCUT2D eigenvalue weighted by Gasteiger charge is 2.26. The molecule has 0 saturated heterocycles. The molecule has 1 aliphatic rings. The van der Waals surface area contributed by atoms with Gasteiger partial charge in [0.15, 0.2) is 0 Å². The van der Waals surface area contributed by atoms with Gasteiger partial charge in [0.2, 0.25) is 0 Å². The van der Waals surface area contributed by atoms with E-state index in [1.54, 1.807) is 12.1 Å². The Morgan fingerprint density at radius 3 is 2.55 bits per heavy atom. The van der Waals surface area contributed by atoms with Crippen LogP contribution >= 0.6 is 11.3 Å². The summed E-state index contributed by atoms with van der Waals surface area (Å²) in [5.74, 6) is 0. The highest BCUT2D eigenvalue weighted by molar-refractivity contribution is 7.13. The lowest BCUT2D eigenvalue weighted by Crippen LogP contribution is -2.16. The number of aliphatic imine (C=N–C) groups is 1. The van der Waals surface area contributed by atoms with E-state index >= 15 is 0 Å². The van der Waals surface area contributed by atoms with Crippen molar-refractivity contribution in [3.63, 3.8) is 0 Å². The van der Waals surface area contributed by atoms with Gasteiger partial charge in [-0.2, -0.15) is 0 Å². The van der Waals surface area contributed by atoms with Gasteiger partial charge < -0.3 is 4.48 Å². The zero-order valence-electron chi connectivity index (χ0n) is 12.6. The second kappa shape index (κ2) is 5.68. The molecule has 2 nitrogen and oxygen atoms in total. The van der Waals surface area contributed by atoms with E-state index in [1.165, 1.54) is 11.3 Å². The maximum absolute atomic E-state index is 13.6. The Kier molecular flexibility index (Phi) is 3.87. The van der Waals surface area contributed by atoms with Crippen molar-refractivity contribution in [3.05, 3.63) is 52.7 Å². The molecule has 0 fully saturated rings. The summed E-state index contributed by atoms with van der Waals surface area (Å²) in [6, 6.07) is 7.22. The first-order valence-corrected chi connectivity index (χ1v) is 7.85. The zero-order chi connectivity index (χ0) is 15.9. The third-order valence-electron chi connectivity index (χ3n) is 3.71. The Morgan fingerprint density at radius 2 is 2.00 bits per heavy atom. The normalized spacial score (nSPS) is 16.6. The van der Waals surface area contributed by atoms with Crippen LogP contribution in [0.4, 0.5) is 8.63 Å². The first-order chi connectivity index (χ1) is 10.5. The van der Waals surface area contributed by atoms with E-state index in [2.05, 4.69) is 4.99 Å². The van der Waals surface area contributed by atoms with Crippen LogP contribution in [-0.2, 0) is 0 Å². The van der Waals surface area contributed by atoms with E-state index in [4.69, 9.17) is 0 Å². The summed E-state index contributed by atoms with van der Waals surface area (Å²) in [7, 11) is -2.59. The standard InChI is InChI=1S/C16H15BF2N2S/c1-10-9-11(2)20-16(10)12(3)13-6-7-14(21(13)17(18)19)15-5-4-8-22-15/h4-9H,1-3H3/b16-12-. The summed E-state index contributed by atoms with van der Waals surface area (Å²) in [5, 5.41) is 1.89. The smallest absolute Gasteiger partial charge is 0.324 e. The van der Waals surface area contributed by atoms with E-state index in [1.807, 2.05) is 44.4 Å². The fourth-order valence-corrected chi connectivity index (χ4v) is 3.52. The van der Waals surface area contributed by atoms with Crippen molar-refractivity contribution >= 4 is 30.0 Å². The second-order valence-electron chi connectivity index (χ2n) is 5.28. The molecule has 0 amide bonds. The Labute approximate surface area is 132 Å². The van der Waals surface area contributed by atoms with Crippen LogP contribution in [0.1, 0.15) is 26.5 Å². The molecule has 0 bridgehead atoms. The third-order valence-corrected chi connectivity index (χ3v) is 4.61. The molecule has 0 unspecified atom stereocenters. The average Bonchev–Trinajstić information content (AvgIpc) is 3.15.